The lowest BCUT2D eigenvalue weighted by Gasteiger charge is -2.10. The van der Waals surface area contributed by atoms with Gasteiger partial charge in [0.25, 0.3) is 0 Å². The summed E-state index contributed by atoms with van der Waals surface area (Å²) < 4.78 is 6.02. The fourth-order valence-electron chi connectivity index (χ4n) is 2.72. The van der Waals surface area contributed by atoms with E-state index in [0.717, 1.165) is 24.0 Å². The molecule has 0 aliphatic carbocycles. The van der Waals surface area contributed by atoms with Gasteiger partial charge in [0.05, 0.1) is 12.7 Å². The zero-order valence-corrected chi connectivity index (χ0v) is 16.2. The number of methoxy groups -OCH3 is 1. The van der Waals surface area contributed by atoms with Crippen LogP contribution in [0, 0.1) is 5.92 Å². The zero-order chi connectivity index (χ0) is 16.7. The van der Waals surface area contributed by atoms with Crippen molar-refractivity contribution in [3.8, 4) is 5.75 Å². The van der Waals surface area contributed by atoms with Crippen LogP contribution in [0.4, 0.5) is 0 Å². The standard InChI is InChI=1S/C17H23BrN2O3.ClH/c1-23-16-4-2-13(18)10-14(16)15(21)3-5-17(22)20-9-7-12-6-8-19-11-12;/h2,4,10,12,19H,3,5-9,11H2,1H3,(H,20,22);1H. The van der Waals surface area contributed by atoms with Gasteiger partial charge in [-0.25, -0.2) is 0 Å². The maximum absolute atomic E-state index is 12.3. The number of benzene rings is 1. The van der Waals surface area contributed by atoms with Crippen molar-refractivity contribution in [2.45, 2.75) is 25.7 Å². The molecule has 0 aromatic heterocycles. The van der Waals surface area contributed by atoms with Crippen molar-refractivity contribution in [1.29, 1.82) is 0 Å². The van der Waals surface area contributed by atoms with E-state index in [1.165, 1.54) is 13.5 Å². The number of carbonyl (C=O) groups excluding carboxylic acids is 2. The molecule has 1 saturated heterocycles. The van der Waals surface area contributed by atoms with Gasteiger partial charge in [-0.2, -0.15) is 0 Å². The predicted octanol–water partition coefficient (Wildman–Crippen LogP) is 2.96. The van der Waals surface area contributed by atoms with Gasteiger partial charge in [-0.1, -0.05) is 15.9 Å². The maximum Gasteiger partial charge on any atom is 0.220 e. The number of halogens is 2. The Kier molecular flexibility index (Phi) is 9.33. The molecule has 5 nitrogen and oxygen atoms in total. The van der Waals surface area contributed by atoms with Crippen molar-refractivity contribution in [1.82, 2.24) is 10.6 Å². The fourth-order valence-corrected chi connectivity index (χ4v) is 3.09. The van der Waals surface area contributed by atoms with Crippen LogP contribution in [0.5, 0.6) is 5.75 Å². The number of hydrogen-bond acceptors (Lipinski definition) is 4. The van der Waals surface area contributed by atoms with Crippen molar-refractivity contribution in [3.63, 3.8) is 0 Å². The van der Waals surface area contributed by atoms with Crippen LogP contribution in [0.25, 0.3) is 0 Å². The first-order chi connectivity index (χ1) is 11.1. The minimum absolute atomic E-state index is 0. The van der Waals surface area contributed by atoms with Crippen LogP contribution in [0.2, 0.25) is 0 Å². The van der Waals surface area contributed by atoms with E-state index in [4.69, 9.17) is 4.74 Å². The van der Waals surface area contributed by atoms with Gasteiger partial charge in [0.15, 0.2) is 5.78 Å². The molecule has 7 heteroatoms. The Hall–Kier alpha value is -1.11. The molecule has 2 N–H and O–H groups in total. The smallest absolute Gasteiger partial charge is 0.220 e. The summed E-state index contributed by atoms with van der Waals surface area (Å²) in [4.78, 5) is 24.1. The number of Topliss-reactive ketones (excluding diaryl/α,β-unsaturated/α-hetero) is 1. The molecule has 1 atom stereocenters. The lowest BCUT2D eigenvalue weighted by molar-refractivity contribution is -0.121. The molecule has 1 aliphatic rings. The second kappa shape index (κ2) is 10.7. The number of ketones is 1. The quantitative estimate of drug-likeness (QED) is 0.636. The van der Waals surface area contributed by atoms with Crippen molar-refractivity contribution in [2.75, 3.05) is 26.7 Å². The normalized spacial score (nSPS) is 16.3. The summed E-state index contributed by atoms with van der Waals surface area (Å²) in [5.74, 6) is 1.03. The molecule has 0 radical (unpaired) electrons. The molecule has 1 heterocycles. The second-order valence-electron chi connectivity index (χ2n) is 5.77. The Morgan fingerprint density at radius 3 is 2.83 bits per heavy atom. The van der Waals surface area contributed by atoms with Gasteiger partial charge in [0.1, 0.15) is 5.75 Å². The molecule has 0 spiro atoms. The molecule has 1 unspecified atom stereocenters. The molecule has 24 heavy (non-hydrogen) atoms. The van der Waals surface area contributed by atoms with Gasteiger partial charge in [0.2, 0.25) is 5.91 Å². The van der Waals surface area contributed by atoms with Crippen molar-refractivity contribution < 1.29 is 14.3 Å². The highest BCUT2D eigenvalue weighted by atomic mass is 79.9. The van der Waals surface area contributed by atoms with Crippen LogP contribution in [0.1, 0.15) is 36.0 Å². The van der Waals surface area contributed by atoms with E-state index >= 15 is 0 Å². The van der Waals surface area contributed by atoms with E-state index < -0.39 is 0 Å². The average Bonchev–Trinajstić information content (AvgIpc) is 3.06. The molecule has 1 aromatic carbocycles. The van der Waals surface area contributed by atoms with Gasteiger partial charge >= 0.3 is 0 Å². The topological polar surface area (TPSA) is 67.4 Å². The van der Waals surface area contributed by atoms with Gasteiger partial charge < -0.3 is 15.4 Å². The van der Waals surface area contributed by atoms with Crippen molar-refractivity contribution in [3.05, 3.63) is 28.2 Å². The highest BCUT2D eigenvalue weighted by Crippen LogP contribution is 2.24. The van der Waals surface area contributed by atoms with Crippen LogP contribution in [-0.2, 0) is 4.79 Å². The molecule has 0 saturated carbocycles. The summed E-state index contributed by atoms with van der Waals surface area (Å²) >= 11 is 3.35. The van der Waals surface area contributed by atoms with E-state index in [-0.39, 0.29) is 36.9 Å². The average molecular weight is 420 g/mol. The molecular weight excluding hydrogens is 396 g/mol. The highest BCUT2D eigenvalue weighted by molar-refractivity contribution is 9.10. The fraction of sp³-hybridized carbons (Fsp3) is 0.529. The molecule has 1 fully saturated rings. The lowest BCUT2D eigenvalue weighted by atomic mass is 10.0. The minimum atomic E-state index is -0.0849. The number of ether oxygens (including phenoxy) is 1. The first kappa shape index (κ1) is 20.9. The predicted molar refractivity (Wildman–Crippen MR) is 100 cm³/mol. The molecule has 1 aliphatic heterocycles. The van der Waals surface area contributed by atoms with Crippen LogP contribution < -0.4 is 15.4 Å². The monoisotopic (exact) mass is 418 g/mol. The first-order valence-electron chi connectivity index (χ1n) is 7.94. The first-order valence-corrected chi connectivity index (χ1v) is 8.73. The number of nitrogens with one attached hydrogen (secondary N) is 2. The minimum Gasteiger partial charge on any atom is -0.496 e. The third-order valence-electron chi connectivity index (χ3n) is 4.08. The van der Waals surface area contributed by atoms with E-state index in [9.17, 15) is 9.59 Å². The van der Waals surface area contributed by atoms with Crippen molar-refractivity contribution in [2.24, 2.45) is 5.92 Å². The summed E-state index contributed by atoms with van der Waals surface area (Å²) in [6, 6.07) is 5.29. The van der Waals surface area contributed by atoms with Crippen LogP contribution in [0.3, 0.4) is 0 Å². The van der Waals surface area contributed by atoms with Crippen LogP contribution >= 0.6 is 28.3 Å². The SMILES string of the molecule is COc1ccc(Br)cc1C(=O)CCC(=O)NCCC1CCNC1.Cl. The number of hydrogen-bond donors (Lipinski definition) is 2. The zero-order valence-electron chi connectivity index (χ0n) is 13.8. The highest BCUT2D eigenvalue weighted by Gasteiger charge is 2.16. The molecule has 134 valence electrons. The van der Waals surface area contributed by atoms with Gasteiger partial charge in [0, 0.05) is 23.9 Å². The summed E-state index contributed by atoms with van der Waals surface area (Å²) in [5.41, 5.74) is 0.506. The third-order valence-corrected chi connectivity index (χ3v) is 4.57. The van der Waals surface area contributed by atoms with Crippen LogP contribution in [0.15, 0.2) is 22.7 Å². The summed E-state index contributed by atoms with van der Waals surface area (Å²) in [7, 11) is 1.53. The largest absolute Gasteiger partial charge is 0.496 e. The van der Waals surface area contributed by atoms with Gasteiger partial charge in [-0.3, -0.25) is 9.59 Å². The van der Waals surface area contributed by atoms with Gasteiger partial charge in [-0.05, 0) is 50.0 Å². The van der Waals surface area contributed by atoms with E-state index in [1.54, 1.807) is 12.1 Å². The third kappa shape index (κ3) is 6.42. The number of carbonyl (C=O) groups is 2. The summed E-state index contributed by atoms with van der Waals surface area (Å²) in [6.07, 6.45) is 2.56. The Morgan fingerprint density at radius 2 is 2.17 bits per heavy atom. The van der Waals surface area contributed by atoms with Gasteiger partial charge in [-0.15, -0.1) is 12.4 Å². The maximum atomic E-state index is 12.3. The van der Waals surface area contributed by atoms with Crippen molar-refractivity contribution >= 4 is 40.0 Å². The molecule has 1 aromatic rings. The second-order valence-corrected chi connectivity index (χ2v) is 6.68. The van der Waals surface area contributed by atoms with Crippen LogP contribution in [-0.4, -0.2) is 38.4 Å². The number of amides is 1. The molecule has 1 amide bonds. The van der Waals surface area contributed by atoms with E-state index in [0.29, 0.717) is 23.8 Å². The summed E-state index contributed by atoms with van der Waals surface area (Å²) in [6.45, 7) is 2.79. The molecule has 2 rings (SSSR count). The Labute approximate surface area is 157 Å². The van der Waals surface area contributed by atoms with E-state index in [2.05, 4.69) is 26.6 Å². The Morgan fingerprint density at radius 1 is 1.38 bits per heavy atom. The Bertz CT molecular complexity index is 563. The van der Waals surface area contributed by atoms with E-state index in [1.807, 2.05) is 6.07 Å². The molecular formula is C17H24BrClN2O3. The Balaban J connectivity index is 0.00000288. The lowest BCUT2D eigenvalue weighted by Crippen LogP contribution is -2.26. The number of rotatable bonds is 8. The summed E-state index contributed by atoms with van der Waals surface area (Å²) in [5, 5.41) is 6.21. The molecule has 0 bridgehead atoms.